The van der Waals surface area contributed by atoms with Crippen LogP contribution in [0.2, 0.25) is 0 Å². The van der Waals surface area contributed by atoms with Gasteiger partial charge in [-0.25, -0.2) is 4.79 Å². The Kier molecular flexibility index (Phi) is 9.18. The minimum Gasteiger partial charge on any atom is -0.484 e. The summed E-state index contributed by atoms with van der Waals surface area (Å²) in [6, 6.07) is 14.3. The molecule has 2 aromatic carbocycles. The van der Waals surface area contributed by atoms with Crippen molar-refractivity contribution in [3.8, 4) is 5.75 Å². The molecule has 0 aliphatic heterocycles. The summed E-state index contributed by atoms with van der Waals surface area (Å²) < 4.78 is 10.8. The SMILES string of the molecule is CCc1cccc(OCC(=O)Nc2ccc(C(=O)OCCN(CC)CC)cc2)c1. The number of hydrogen-bond acceptors (Lipinski definition) is 5. The summed E-state index contributed by atoms with van der Waals surface area (Å²) in [4.78, 5) is 26.4. The Balaban J connectivity index is 1.78. The number of hydrogen-bond donors (Lipinski definition) is 1. The number of nitrogens with zero attached hydrogens (tertiary/aromatic N) is 1. The first-order valence-corrected chi connectivity index (χ1v) is 10.1. The van der Waals surface area contributed by atoms with Crippen LogP contribution in [-0.2, 0) is 16.0 Å². The highest BCUT2D eigenvalue weighted by molar-refractivity contribution is 5.93. The van der Waals surface area contributed by atoms with Crippen LogP contribution in [-0.4, -0.2) is 49.6 Å². The number of carbonyl (C=O) groups is 2. The van der Waals surface area contributed by atoms with E-state index in [2.05, 4.69) is 31.0 Å². The van der Waals surface area contributed by atoms with Crippen molar-refractivity contribution >= 4 is 17.6 Å². The van der Waals surface area contributed by atoms with Crippen molar-refractivity contribution < 1.29 is 19.1 Å². The number of ether oxygens (including phenoxy) is 2. The molecule has 0 bridgehead atoms. The summed E-state index contributed by atoms with van der Waals surface area (Å²) >= 11 is 0. The van der Waals surface area contributed by atoms with E-state index in [1.165, 1.54) is 0 Å². The zero-order chi connectivity index (χ0) is 21.1. The quantitative estimate of drug-likeness (QED) is 0.584. The molecular formula is C23H30N2O4. The number of esters is 1. The molecule has 0 spiro atoms. The molecule has 0 saturated heterocycles. The fourth-order valence-electron chi connectivity index (χ4n) is 2.78. The number of amides is 1. The second kappa shape index (κ2) is 11.9. The molecule has 6 heteroatoms. The van der Waals surface area contributed by atoms with Crippen molar-refractivity contribution in [2.75, 3.05) is 38.2 Å². The third-order valence-corrected chi connectivity index (χ3v) is 4.62. The van der Waals surface area contributed by atoms with Gasteiger partial charge in [0.15, 0.2) is 6.61 Å². The average molecular weight is 399 g/mol. The van der Waals surface area contributed by atoms with E-state index in [0.29, 0.717) is 30.2 Å². The summed E-state index contributed by atoms with van der Waals surface area (Å²) in [5.74, 6) is 0.0397. The van der Waals surface area contributed by atoms with Gasteiger partial charge in [-0.3, -0.25) is 4.79 Å². The van der Waals surface area contributed by atoms with Gasteiger partial charge in [-0.15, -0.1) is 0 Å². The maximum atomic E-state index is 12.1. The van der Waals surface area contributed by atoms with Crippen LogP contribution in [0.3, 0.4) is 0 Å². The molecule has 0 radical (unpaired) electrons. The van der Waals surface area contributed by atoms with Crippen molar-refractivity contribution in [1.82, 2.24) is 4.90 Å². The zero-order valence-electron chi connectivity index (χ0n) is 17.4. The van der Waals surface area contributed by atoms with E-state index in [4.69, 9.17) is 9.47 Å². The van der Waals surface area contributed by atoms with Crippen LogP contribution < -0.4 is 10.1 Å². The maximum absolute atomic E-state index is 12.1. The second-order valence-corrected chi connectivity index (χ2v) is 6.58. The Morgan fingerprint density at radius 1 is 1.00 bits per heavy atom. The largest absolute Gasteiger partial charge is 0.484 e. The van der Waals surface area contributed by atoms with Crippen molar-refractivity contribution in [2.45, 2.75) is 27.2 Å². The average Bonchev–Trinajstić information content (AvgIpc) is 2.76. The molecule has 0 atom stereocenters. The molecule has 0 unspecified atom stereocenters. The van der Waals surface area contributed by atoms with E-state index >= 15 is 0 Å². The summed E-state index contributed by atoms with van der Waals surface area (Å²) in [5, 5.41) is 2.76. The second-order valence-electron chi connectivity index (χ2n) is 6.58. The summed E-state index contributed by atoms with van der Waals surface area (Å²) in [5.41, 5.74) is 2.21. The van der Waals surface area contributed by atoms with Crippen LogP contribution in [0.4, 0.5) is 5.69 Å². The summed E-state index contributed by atoms with van der Waals surface area (Å²) in [6.45, 7) is 9.06. The molecule has 156 valence electrons. The maximum Gasteiger partial charge on any atom is 0.338 e. The molecule has 0 heterocycles. The highest BCUT2D eigenvalue weighted by Gasteiger charge is 2.09. The minimum absolute atomic E-state index is 0.0810. The Labute approximate surface area is 172 Å². The topological polar surface area (TPSA) is 67.9 Å². The molecule has 6 nitrogen and oxygen atoms in total. The summed E-state index contributed by atoms with van der Waals surface area (Å²) in [7, 11) is 0. The molecule has 2 rings (SSSR count). The van der Waals surface area contributed by atoms with Gasteiger partial charge in [-0.1, -0.05) is 32.9 Å². The summed E-state index contributed by atoms with van der Waals surface area (Å²) in [6.07, 6.45) is 0.910. The lowest BCUT2D eigenvalue weighted by Crippen LogP contribution is -2.27. The van der Waals surface area contributed by atoms with Gasteiger partial charge in [0.05, 0.1) is 5.56 Å². The smallest absolute Gasteiger partial charge is 0.338 e. The predicted octanol–water partition coefficient (Wildman–Crippen LogP) is 3.77. The molecule has 0 aromatic heterocycles. The highest BCUT2D eigenvalue weighted by atomic mass is 16.5. The van der Waals surface area contributed by atoms with E-state index in [-0.39, 0.29) is 18.5 Å². The lowest BCUT2D eigenvalue weighted by molar-refractivity contribution is -0.118. The van der Waals surface area contributed by atoms with Crippen LogP contribution >= 0.6 is 0 Å². The highest BCUT2D eigenvalue weighted by Crippen LogP contribution is 2.14. The van der Waals surface area contributed by atoms with Crippen molar-refractivity contribution in [2.24, 2.45) is 0 Å². The van der Waals surface area contributed by atoms with E-state index in [1.54, 1.807) is 24.3 Å². The lowest BCUT2D eigenvalue weighted by atomic mass is 10.2. The van der Waals surface area contributed by atoms with Crippen molar-refractivity contribution in [1.29, 1.82) is 0 Å². The predicted molar refractivity (Wildman–Crippen MR) is 114 cm³/mol. The van der Waals surface area contributed by atoms with Gasteiger partial charge < -0.3 is 19.7 Å². The molecule has 0 aliphatic rings. The van der Waals surface area contributed by atoms with Gasteiger partial charge >= 0.3 is 5.97 Å². The monoisotopic (exact) mass is 398 g/mol. The zero-order valence-corrected chi connectivity index (χ0v) is 17.4. The van der Waals surface area contributed by atoms with E-state index in [1.807, 2.05) is 24.3 Å². The van der Waals surface area contributed by atoms with Gasteiger partial charge in [0.25, 0.3) is 5.91 Å². The number of likely N-dealkylation sites (N-methyl/N-ethyl adjacent to an activating group) is 1. The number of rotatable bonds is 11. The molecule has 0 fully saturated rings. The Morgan fingerprint density at radius 2 is 1.72 bits per heavy atom. The third-order valence-electron chi connectivity index (χ3n) is 4.62. The molecule has 0 aliphatic carbocycles. The fraction of sp³-hybridized carbons (Fsp3) is 0.391. The number of nitrogens with one attached hydrogen (secondary N) is 1. The van der Waals surface area contributed by atoms with Gasteiger partial charge in [-0.2, -0.15) is 0 Å². The fourth-order valence-corrected chi connectivity index (χ4v) is 2.78. The molecular weight excluding hydrogens is 368 g/mol. The third kappa shape index (κ3) is 7.58. The minimum atomic E-state index is -0.367. The lowest BCUT2D eigenvalue weighted by Gasteiger charge is -2.17. The van der Waals surface area contributed by atoms with E-state index in [9.17, 15) is 9.59 Å². The van der Waals surface area contributed by atoms with Gasteiger partial charge in [0.1, 0.15) is 12.4 Å². The molecule has 0 saturated carbocycles. The molecule has 1 amide bonds. The van der Waals surface area contributed by atoms with Gasteiger partial charge in [0, 0.05) is 12.2 Å². The van der Waals surface area contributed by atoms with Crippen LogP contribution in [0.1, 0.15) is 36.7 Å². The van der Waals surface area contributed by atoms with Gasteiger partial charge in [-0.05, 0) is 61.5 Å². The first kappa shape index (κ1) is 22.4. The first-order chi connectivity index (χ1) is 14.0. The van der Waals surface area contributed by atoms with Crippen LogP contribution in [0.5, 0.6) is 5.75 Å². The van der Waals surface area contributed by atoms with Crippen LogP contribution in [0, 0.1) is 0 Å². The Morgan fingerprint density at radius 3 is 2.38 bits per heavy atom. The number of aryl methyl sites for hydroxylation is 1. The number of anilines is 1. The number of carbonyl (C=O) groups excluding carboxylic acids is 2. The molecule has 29 heavy (non-hydrogen) atoms. The first-order valence-electron chi connectivity index (χ1n) is 10.1. The van der Waals surface area contributed by atoms with Crippen LogP contribution in [0.25, 0.3) is 0 Å². The molecule has 1 N–H and O–H groups in total. The molecule has 2 aromatic rings. The normalized spacial score (nSPS) is 10.6. The van der Waals surface area contributed by atoms with E-state index < -0.39 is 0 Å². The standard InChI is InChI=1S/C23H30N2O4/c1-4-18-8-7-9-21(16-18)29-17-22(26)24-20-12-10-19(11-13-20)23(27)28-15-14-25(5-2)6-3/h7-13,16H,4-6,14-15,17H2,1-3H3,(H,24,26). The van der Waals surface area contributed by atoms with Crippen LogP contribution in [0.15, 0.2) is 48.5 Å². The van der Waals surface area contributed by atoms with Crippen molar-refractivity contribution in [3.05, 3.63) is 59.7 Å². The van der Waals surface area contributed by atoms with Crippen molar-refractivity contribution in [3.63, 3.8) is 0 Å². The number of benzene rings is 2. The van der Waals surface area contributed by atoms with Gasteiger partial charge in [0.2, 0.25) is 0 Å². The Bertz CT molecular complexity index is 786. The Hall–Kier alpha value is -2.86. The van der Waals surface area contributed by atoms with E-state index in [0.717, 1.165) is 25.1 Å².